The van der Waals surface area contributed by atoms with E-state index in [9.17, 15) is 9.18 Å². The summed E-state index contributed by atoms with van der Waals surface area (Å²) in [6.45, 7) is 1.69. The Hall–Kier alpha value is -2.14. The number of halogens is 2. The summed E-state index contributed by atoms with van der Waals surface area (Å²) in [5.41, 5.74) is 6.17. The minimum atomic E-state index is -0.606. The Morgan fingerprint density at radius 1 is 1.37 bits per heavy atom. The van der Waals surface area contributed by atoms with Crippen LogP contribution in [0.25, 0.3) is 0 Å². The van der Waals surface area contributed by atoms with E-state index in [4.69, 9.17) is 17.3 Å². The van der Waals surface area contributed by atoms with Gasteiger partial charge in [-0.15, -0.1) is 0 Å². The third kappa shape index (κ3) is 2.82. The van der Waals surface area contributed by atoms with Gasteiger partial charge < -0.3 is 11.1 Å². The van der Waals surface area contributed by atoms with Gasteiger partial charge in [-0.1, -0.05) is 23.7 Å². The summed E-state index contributed by atoms with van der Waals surface area (Å²) in [4.78, 5) is 15.9. The van der Waals surface area contributed by atoms with Crippen LogP contribution < -0.4 is 11.1 Å². The van der Waals surface area contributed by atoms with E-state index in [2.05, 4.69) is 10.3 Å². The molecule has 1 aromatic carbocycles. The average molecular weight is 280 g/mol. The molecule has 0 aliphatic heterocycles. The summed E-state index contributed by atoms with van der Waals surface area (Å²) < 4.78 is 13.6. The third-order valence-electron chi connectivity index (χ3n) is 2.54. The molecule has 0 fully saturated rings. The standard InChI is InChI=1S/C13H11ClFN3O/c1-7-3-2-4-9(15)11(7)18-13(19)12-8(14)5-6-10(16)17-12/h2-6H,1H3,(H2,16,17)(H,18,19). The first kappa shape index (κ1) is 13.3. The highest BCUT2D eigenvalue weighted by atomic mass is 35.5. The number of pyridine rings is 1. The topological polar surface area (TPSA) is 68.0 Å². The first-order chi connectivity index (χ1) is 8.99. The Morgan fingerprint density at radius 2 is 2.11 bits per heavy atom. The second kappa shape index (κ2) is 5.24. The van der Waals surface area contributed by atoms with Gasteiger partial charge in [0, 0.05) is 0 Å². The molecule has 98 valence electrons. The smallest absolute Gasteiger partial charge is 0.275 e. The maximum atomic E-state index is 13.6. The van der Waals surface area contributed by atoms with Crippen LogP contribution in [-0.4, -0.2) is 10.9 Å². The monoisotopic (exact) mass is 279 g/mol. The second-order valence-corrected chi connectivity index (χ2v) is 4.36. The minimum Gasteiger partial charge on any atom is -0.384 e. The lowest BCUT2D eigenvalue weighted by Gasteiger charge is -2.10. The zero-order valence-corrected chi connectivity index (χ0v) is 10.8. The number of aromatic nitrogens is 1. The van der Waals surface area contributed by atoms with Crippen molar-refractivity contribution in [3.8, 4) is 0 Å². The molecular formula is C13H11ClFN3O. The zero-order chi connectivity index (χ0) is 14.0. The van der Waals surface area contributed by atoms with Gasteiger partial charge in [-0.2, -0.15) is 0 Å². The van der Waals surface area contributed by atoms with Crippen molar-refractivity contribution < 1.29 is 9.18 Å². The van der Waals surface area contributed by atoms with Crippen molar-refractivity contribution in [2.45, 2.75) is 6.92 Å². The number of carbonyl (C=O) groups excluding carboxylic acids is 1. The fourth-order valence-electron chi connectivity index (χ4n) is 1.58. The average Bonchev–Trinajstić information content (AvgIpc) is 2.37. The number of carbonyl (C=O) groups is 1. The molecule has 0 saturated heterocycles. The summed E-state index contributed by atoms with van der Waals surface area (Å²) in [5, 5.41) is 2.60. The Labute approximate surface area is 114 Å². The van der Waals surface area contributed by atoms with Crippen LogP contribution in [0.5, 0.6) is 0 Å². The van der Waals surface area contributed by atoms with Crippen molar-refractivity contribution >= 4 is 29.0 Å². The quantitative estimate of drug-likeness (QED) is 0.888. The normalized spacial score (nSPS) is 10.3. The fraction of sp³-hybridized carbons (Fsp3) is 0.0769. The van der Waals surface area contributed by atoms with Gasteiger partial charge in [0.25, 0.3) is 5.91 Å². The molecular weight excluding hydrogens is 269 g/mol. The number of nitrogen functional groups attached to an aromatic ring is 1. The summed E-state index contributed by atoms with van der Waals surface area (Å²) in [6.07, 6.45) is 0. The van der Waals surface area contributed by atoms with Crippen molar-refractivity contribution in [1.82, 2.24) is 4.98 Å². The molecule has 0 saturated carbocycles. The van der Waals surface area contributed by atoms with Crippen molar-refractivity contribution in [2.75, 3.05) is 11.1 Å². The molecule has 2 aromatic rings. The number of anilines is 2. The number of rotatable bonds is 2. The van der Waals surface area contributed by atoms with Crippen molar-refractivity contribution in [3.05, 3.63) is 52.4 Å². The molecule has 0 unspecified atom stereocenters. The van der Waals surface area contributed by atoms with Crippen LogP contribution in [0.1, 0.15) is 16.1 Å². The van der Waals surface area contributed by atoms with Gasteiger partial charge in [-0.3, -0.25) is 4.79 Å². The van der Waals surface area contributed by atoms with Gasteiger partial charge in [-0.25, -0.2) is 9.37 Å². The second-order valence-electron chi connectivity index (χ2n) is 3.95. The van der Waals surface area contributed by atoms with E-state index in [0.717, 1.165) is 0 Å². The van der Waals surface area contributed by atoms with Crippen LogP contribution in [-0.2, 0) is 0 Å². The lowest BCUT2D eigenvalue weighted by atomic mass is 10.2. The van der Waals surface area contributed by atoms with Crippen LogP contribution >= 0.6 is 11.6 Å². The molecule has 1 heterocycles. The maximum absolute atomic E-state index is 13.6. The maximum Gasteiger partial charge on any atom is 0.275 e. The number of nitrogens with one attached hydrogen (secondary N) is 1. The Balaban J connectivity index is 2.34. The number of hydrogen-bond acceptors (Lipinski definition) is 3. The van der Waals surface area contributed by atoms with E-state index >= 15 is 0 Å². The molecule has 0 atom stereocenters. The lowest BCUT2D eigenvalue weighted by molar-refractivity contribution is 0.102. The molecule has 0 radical (unpaired) electrons. The number of benzene rings is 1. The van der Waals surface area contributed by atoms with E-state index < -0.39 is 11.7 Å². The highest BCUT2D eigenvalue weighted by Gasteiger charge is 2.15. The van der Waals surface area contributed by atoms with Crippen molar-refractivity contribution in [2.24, 2.45) is 0 Å². The molecule has 1 amide bonds. The van der Waals surface area contributed by atoms with Gasteiger partial charge in [0.05, 0.1) is 10.7 Å². The van der Waals surface area contributed by atoms with Crippen LogP contribution in [0.15, 0.2) is 30.3 Å². The van der Waals surface area contributed by atoms with Gasteiger partial charge in [0.2, 0.25) is 0 Å². The van der Waals surface area contributed by atoms with Gasteiger partial charge >= 0.3 is 0 Å². The summed E-state index contributed by atoms with van der Waals surface area (Å²) in [6, 6.07) is 7.45. The first-order valence-corrected chi connectivity index (χ1v) is 5.85. The van der Waals surface area contributed by atoms with Crippen LogP contribution in [0.2, 0.25) is 5.02 Å². The van der Waals surface area contributed by atoms with Crippen LogP contribution in [0, 0.1) is 12.7 Å². The lowest BCUT2D eigenvalue weighted by Crippen LogP contribution is -2.16. The Morgan fingerprint density at radius 3 is 2.79 bits per heavy atom. The molecule has 2 rings (SSSR count). The SMILES string of the molecule is Cc1cccc(F)c1NC(=O)c1nc(N)ccc1Cl. The predicted octanol–water partition coefficient (Wildman–Crippen LogP) is 3.02. The molecule has 0 aliphatic rings. The van der Waals surface area contributed by atoms with E-state index in [1.54, 1.807) is 19.1 Å². The van der Waals surface area contributed by atoms with Crippen molar-refractivity contribution in [1.29, 1.82) is 0 Å². The third-order valence-corrected chi connectivity index (χ3v) is 2.85. The minimum absolute atomic E-state index is 0.0377. The summed E-state index contributed by atoms with van der Waals surface area (Å²) >= 11 is 5.86. The van der Waals surface area contributed by atoms with Gasteiger partial charge in [0.1, 0.15) is 17.3 Å². The molecule has 4 nitrogen and oxygen atoms in total. The largest absolute Gasteiger partial charge is 0.384 e. The molecule has 0 spiro atoms. The molecule has 0 aliphatic carbocycles. The number of aryl methyl sites for hydroxylation is 1. The van der Waals surface area contributed by atoms with Crippen LogP contribution in [0.3, 0.4) is 0 Å². The molecule has 19 heavy (non-hydrogen) atoms. The van der Waals surface area contributed by atoms with E-state index in [1.165, 1.54) is 18.2 Å². The number of nitrogens with two attached hydrogens (primary N) is 1. The molecule has 0 bridgehead atoms. The van der Waals surface area contributed by atoms with E-state index in [-0.39, 0.29) is 22.2 Å². The number of para-hydroxylation sites is 1. The van der Waals surface area contributed by atoms with Gasteiger partial charge in [-0.05, 0) is 30.7 Å². The van der Waals surface area contributed by atoms with Gasteiger partial charge in [0.15, 0.2) is 0 Å². The van der Waals surface area contributed by atoms with E-state index in [0.29, 0.717) is 5.56 Å². The summed E-state index contributed by atoms with van der Waals surface area (Å²) in [5.74, 6) is -0.960. The number of hydrogen-bond donors (Lipinski definition) is 2. The Bertz CT molecular complexity index is 626. The van der Waals surface area contributed by atoms with E-state index in [1.807, 2.05) is 0 Å². The molecule has 1 aromatic heterocycles. The van der Waals surface area contributed by atoms with Crippen LogP contribution in [0.4, 0.5) is 15.9 Å². The molecule has 6 heteroatoms. The highest BCUT2D eigenvalue weighted by Crippen LogP contribution is 2.21. The number of nitrogens with zero attached hydrogens (tertiary/aromatic N) is 1. The fourth-order valence-corrected chi connectivity index (χ4v) is 1.77. The molecule has 3 N–H and O–H groups in total. The first-order valence-electron chi connectivity index (χ1n) is 5.47. The zero-order valence-electron chi connectivity index (χ0n) is 10.1. The van der Waals surface area contributed by atoms with Crippen molar-refractivity contribution in [3.63, 3.8) is 0 Å². The predicted molar refractivity (Wildman–Crippen MR) is 72.7 cm³/mol. The summed E-state index contributed by atoms with van der Waals surface area (Å²) in [7, 11) is 0. The Kier molecular flexibility index (Phi) is 3.66. The number of amides is 1. The highest BCUT2D eigenvalue weighted by molar-refractivity contribution is 6.34.